The van der Waals surface area contributed by atoms with E-state index in [0.717, 1.165) is 0 Å². The fourth-order valence-electron chi connectivity index (χ4n) is 6.54. The monoisotopic (exact) mass is 532 g/mol. The summed E-state index contributed by atoms with van der Waals surface area (Å²) < 4.78 is 1.34. The molecule has 5 aromatic carbocycles. The van der Waals surface area contributed by atoms with Crippen molar-refractivity contribution in [1.29, 1.82) is 0 Å². The molecule has 2 nitrogen and oxygen atoms in total. The second kappa shape index (κ2) is 8.61. The van der Waals surface area contributed by atoms with Crippen LogP contribution in [0.3, 0.4) is 0 Å². The van der Waals surface area contributed by atoms with Crippen molar-refractivity contribution in [2.24, 2.45) is 0 Å². The maximum Gasteiger partial charge on any atom is 0.254 e. The SMILES string of the molecule is CC(C)(C)c1cc2c3c(c1)N(c1ccccc1)c1sc4ccccc4c1B3c1ccccc1N2c1ccccc1. The van der Waals surface area contributed by atoms with E-state index in [1.165, 1.54) is 65.5 Å². The van der Waals surface area contributed by atoms with Crippen LogP contribution in [0.1, 0.15) is 26.3 Å². The summed E-state index contributed by atoms with van der Waals surface area (Å²) in [7, 11) is 0. The molecule has 0 amide bonds. The average molecular weight is 533 g/mol. The Hall–Kier alpha value is -4.28. The van der Waals surface area contributed by atoms with Crippen LogP contribution in [0.5, 0.6) is 0 Å². The minimum absolute atomic E-state index is 0.0108. The summed E-state index contributed by atoms with van der Waals surface area (Å²) in [6.45, 7) is 7.12. The summed E-state index contributed by atoms with van der Waals surface area (Å²) in [5.41, 5.74) is 11.7. The van der Waals surface area contributed by atoms with E-state index < -0.39 is 0 Å². The normalized spacial score (nSPS) is 13.7. The van der Waals surface area contributed by atoms with Crippen molar-refractivity contribution in [2.45, 2.75) is 26.2 Å². The highest BCUT2D eigenvalue weighted by molar-refractivity contribution is 7.26. The van der Waals surface area contributed by atoms with E-state index in [9.17, 15) is 0 Å². The van der Waals surface area contributed by atoms with Gasteiger partial charge in [0.1, 0.15) is 0 Å². The molecule has 0 unspecified atom stereocenters. The van der Waals surface area contributed by atoms with Crippen LogP contribution in [0.15, 0.2) is 121 Å². The minimum atomic E-state index is -0.0108. The standard InChI is InChI=1S/C36H29BN2S/c1-36(2,3)24-22-30-34-31(23-24)39(26-16-8-5-9-17-26)35-33(27-18-10-13-21-32(27)40-35)37(34)28-19-11-12-20-29(28)38(30)25-14-6-4-7-15-25/h4-23H,1-3H3. The van der Waals surface area contributed by atoms with Crippen molar-refractivity contribution in [1.82, 2.24) is 0 Å². The number of fused-ring (bicyclic) bond motifs is 6. The van der Waals surface area contributed by atoms with E-state index in [-0.39, 0.29) is 12.1 Å². The van der Waals surface area contributed by atoms with Gasteiger partial charge in [-0.2, -0.15) is 0 Å². The fraction of sp³-hybridized carbons (Fsp3) is 0.111. The topological polar surface area (TPSA) is 6.48 Å². The van der Waals surface area contributed by atoms with Crippen LogP contribution < -0.4 is 26.2 Å². The highest BCUT2D eigenvalue weighted by Gasteiger charge is 2.45. The first-order valence-corrected chi connectivity index (χ1v) is 14.8. The molecule has 3 heterocycles. The third kappa shape index (κ3) is 3.36. The summed E-state index contributed by atoms with van der Waals surface area (Å²) in [5.74, 6) is 0. The molecule has 0 saturated carbocycles. The Kier molecular flexibility index (Phi) is 5.08. The van der Waals surface area contributed by atoms with Crippen LogP contribution in [0, 0.1) is 0 Å². The van der Waals surface area contributed by atoms with Crippen molar-refractivity contribution in [3.05, 3.63) is 127 Å². The molecule has 0 saturated heterocycles. The Morgan fingerprint density at radius 3 is 1.85 bits per heavy atom. The molecule has 6 aromatic rings. The van der Waals surface area contributed by atoms with Gasteiger partial charge in [-0.1, -0.05) is 93.6 Å². The molecule has 2 aliphatic rings. The molecule has 2 aliphatic heterocycles. The third-order valence-electron chi connectivity index (χ3n) is 8.40. The summed E-state index contributed by atoms with van der Waals surface area (Å²) >= 11 is 1.91. The van der Waals surface area contributed by atoms with E-state index in [1.807, 2.05) is 11.3 Å². The number of hydrogen-bond donors (Lipinski definition) is 0. The zero-order valence-corrected chi connectivity index (χ0v) is 23.7. The Labute approximate surface area is 240 Å². The van der Waals surface area contributed by atoms with Gasteiger partial charge >= 0.3 is 0 Å². The third-order valence-corrected chi connectivity index (χ3v) is 9.57. The lowest BCUT2D eigenvalue weighted by Crippen LogP contribution is -2.61. The van der Waals surface area contributed by atoms with Gasteiger partial charge in [-0.15, -0.1) is 11.3 Å². The predicted molar refractivity (Wildman–Crippen MR) is 175 cm³/mol. The first-order valence-electron chi connectivity index (χ1n) is 14.0. The Morgan fingerprint density at radius 2 is 1.15 bits per heavy atom. The van der Waals surface area contributed by atoms with Crippen LogP contribution in [0.4, 0.5) is 33.4 Å². The van der Waals surface area contributed by atoms with Gasteiger partial charge in [0.05, 0.1) is 5.00 Å². The lowest BCUT2D eigenvalue weighted by Gasteiger charge is -2.44. The molecule has 0 aliphatic carbocycles. The van der Waals surface area contributed by atoms with Crippen LogP contribution in [-0.4, -0.2) is 6.71 Å². The smallest absolute Gasteiger partial charge is 0.254 e. The van der Waals surface area contributed by atoms with Crippen LogP contribution in [-0.2, 0) is 5.41 Å². The zero-order valence-electron chi connectivity index (χ0n) is 22.9. The second-order valence-corrected chi connectivity index (χ2v) is 12.9. The molecule has 0 spiro atoms. The molecule has 1 aromatic heterocycles. The van der Waals surface area contributed by atoms with E-state index >= 15 is 0 Å². The summed E-state index contributed by atoms with van der Waals surface area (Å²) in [6.07, 6.45) is 0. The number of nitrogens with zero attached hydrogens (tertiary/aromatic N) is 2. The van der Waals surface area contributed by atoms with Gasteiger partial charge in [0, 0.05) is 33.1 Å². The number of hydrogen-bond acceptors (Lipinski definition) is 3. The maximum absolute atomic E-state index is 2.53. The molecule has 0 radical (unpaired) electrons. The van der Waals surface area contributed by atoms with Gasteiger partial charge in [0.15, 0.2) is 0 Å². The number of rotatable bonds is 2. The number of para-hydroxylation sites is 3. The number of anilines is 6. The van der Waals surface area contributed by atoms with E-state index in [1.54, 1.807) is 0 Å². The van der Waals surface area contributed by atoms with Gasteiger partial charge in [0.25, 0.3) is 6.71 Å². The van der Waals surface area contributed by atoms with E-state index in [2.05, 4.69) is 152 Å². The van der Waals surface area contributed by atoms with Crippen LogP contribution in [0.2, 0.25) is 0 Å². The first kappa shape index (κ1) is 23.6. The highest BCUT2D eigenvalue weighted by Crippen LogP contribution is 2.48. The van der Waals surface area contributed by atoms with Gasteiger partial charge in [-0.25, -0.2) is 0 Å². The predicted octanol–water partition coefficient (Wildman–Crippen LogP) is 8.28. The van der Waals surface area contributed by atoms with Gasteiger partial charge in [-0.05, 0) is 81.3 Å². The molecule has 0 fully saturated rings. The molecule has 0 atom stereocenters. The van der Waals surface area contributed by atoms with Gasteiger partial charge in [0.2, 0.25) is 0 Å². The fourth-order valence-corrected chi connectivity index (χ4v) is 7.81. The number of thiophene rings is 1. The Bertz CT molecular complexity index is 1900. The van der Waals surface area contributed by atoms with Gasteiger partial charge in [-0.3, -0.25) is 0 Å². The molecule has 40 heavy (non-hydrogen) atoms. The van der Waals surface area contributed by atoms with Gasteiger partial charge < -0.3 is 9.80 Å². The van der Waals surface area contributed by atoms with E-state index in [4.69, 9.17) is 0 Å². The Morgan fingerprint density at radius 1 is 0.575 bits per heavy atom. The summed E-state index contributed by atoms with van der Waals surface area (Å²) in [4.78, 5) is 5.02. The molecule has 8 rings (SSSR count). The molecule has 0 bridgehead atoms. The van der Waals surface area contributed by atoms with Crippen molar-refractivity contribution in [3.63, 3.8) is 0 Å². The maximum atomic E-state index is 2.53. The lowest BCUT2D eigenvalue weighted by molar-refractivity contribution is 0.590. The van der Waals surface area contributed by atoms with Crippen molar-refractivity contribution in [3.8, 4) is 0 Å². The lowest BCUT2D eigenvalue weighted by atomic mass is 9.33. The first-order chi connectivity index (χ1) is 19.5. The quantitative estimate of drug-likeness (QED) is 0.207. The molecule has 0 N–H and O–H groups in total. The molecule has 4 heteroatoms. The summed E-state index contributed by atoms with van der Waals surface area (Å²) in [6, 6.07) is 44.6. The van der Waals surface area contributed by atoms with Crippen molar-refractivity contribution < 1.29 is 0 Å². The zero-order chi connectivity index (χ0) is 27.0. The van der Waals surface area contributed by atoms with E-state index in [0.29, 0.717) is 0 Å². The largest absolute Gasteiger partial charge is 0.311 e. The van der Waals surface area contributed by atoms with Crippen LogP contribution >= 0.6 is 11.3 Å². The number of benzene rings is 5. The average Bonchev–Trinajstić information content (AvgIpc) is 3.36. The van der Waals surface area contributed by atoms with Crippen LogP contribution in [0.25, 0.3) is 10.1 Å². The Balaban J connectivity index is 1.55. The second-order valence-electron chi connectivity index (χ2n) is 11.8. The molecular formula is C36H29BN2S. The van der Waals surface area contributed by atoms with Crippen molar-refractivity contribution in [2.75, 3.05) is 9.80 Å². The molecular weight excluding hydrogens is 503 g/mol. The van der Waals surface area contributed by atoms with Crippen molar-refractivity contribution >= 4 is 78.0 Å². The minimum Gasteiger partial charge on any atom is -0.311 e. The summed E-state index contributed by atoms with van der Waals surface area (Å²) in [5, 5.41) is 2.68. The highest BCUT2D eigenvalue weighted by atomic mass is 32.1. The molecule has 192 valence electrons.